The summed E-state index contributed by atoms with van der Waals surface area (Å²) in [5.41, 5.74) is 0. The minimum absolute atomic E-state index is 0.285. The quantitative estimate of drug-likeness (QED) is 0.614. The molecule has 0 aliphatic carbocycles. The maximum Gasteiger partial charge on any atom is 0.0468 e. The largest absolute Gasteiger partial charge is 0.396 e. The lowest BCUT2D eigenvalue weighted by molar-refractivity contribution is 0.229. The molecule has 0 spiro atoms. The van der Waals surface area contributed by atoms with Crippen molar-refractivity contribution in [1.29, 1.82) is 0 Å². The van der Waals surface area contributed by atoms with Crippen LogP contribution in [-0.4, -0.2) is 24.3 Å². The smallest absolute Gasteiger partial charge is 0.0468 e. The highest BCUT2D eigenvalue weighted by atomic mass is 16.3. The first kappa shape index (κ1) is 10.9. The number of aliphatic hydroxyl groups excluding tert-OH is 1. The molecule has 11 heavy (non-hydrogen) atoms. The Morgan fingerprint density at radius 2 is 1.82 bits per heavy atom. The standard InChI is InChI=1S/C9H21NO/c1-4-9(5-2)10-6-8(3)7-11/h8-11H,4-7H2,1-3H3. The lowest BCUT2D eigenvalue weighted by Crippen LogP contribution is -2.32. The summed E-state index contributed by atoms with van der Waals surface area (Å²) in [4.78, 5) is 0. The van der Waals surface area contributed by atoms with Crippen molar-refractivity contribution in [2.45, 2.75) is 39.7 Å². The predicted molar refractivity (Wildman–Crippen MR) is 48.6 cm³/mol. The third kappa shape index (κ3) is 5.22. The zero-order valence-corrected chi connectivity index (χ0v) is 7.93. The van der Waals surface area contributed by atoms with E-state index in [0.29, 0.717) is 12.0 Å². The molecular formula is C9H21NO. The molecule has 0 aromatic rings. The SMILES string of the molecule is CCC(CC)NCC(C)CO. The Balaban J connectivity index is 3.34. The Bertz CT molecular complexity index is 81.6. The summed E-state index contributed by atoms with van der Waals surface area (Å²) in [7, 11) is 0. The summed E-state index contributed by atoms with van der Waals surface area (Å²) in [5.74, 6) is 0.385. The molecule has 2 N–H and O–H groups in total. The van der Waals surface area contributed by atoms with E-state index >= 15 is 0 Å². The second kappa shape index (κ2) is 6.62. The van der Waals surface area contributed by atoms with Gasteiger partial charge in [0.15, 0.2) is 0 Å². The van der Waals surface area contributed by atoms with Crippen molar-refractivity contribution in [2.24, 2.45) is 5.92 Å². The molecular weight excluding hydrogens is 138 g/mol. The van der Waals surface area contributed by atoms with Gasteiger partial charge in [0.1, 0.15) is 0 Å². The number of aliphatic hydroxyl groups is 1. The Morgan fingerprint density at radius 3 is 2.18 bits per heavy atom. The fraction of sp³-hybridized carbons (Fsp3) is 1.00. The van der Waals surface area contributed by atoms with Crippen LogP contribution in [0.25, 0.3) is 0 Å². The highest BCUT2D eigenvalue weighted by molar-refractivity contribution is 4.64. The van der Waals surface area contributed by atoms with Crippen LogP contribution in [0.5, 0.6) is 0 Å². The van der Waals surface area contributed by atoms with E-state index in [2.05, 4.69) is 26.1 Å². The maximum atomic E-state index is 8.75. The topological polar surface area (TPSA) is 32.3 Å². The maximum absolute atomic E-state index is 8.75. The predicted octanol–water partition coefficient (Wildman–Crippen LogP) is 1.39. The molecule has 2 heteroatoms. The van der Waals surface area contributed by atoms with Crippen LogP contribution in [0, 0.1) is 5.92 Å². The van der Waals surface area contributed by atoms with Crippen LogP contribution in [-0.2, 0) is 0 Å². The molecule has 0 aliphatic heterocycles. The normalized spacial score (nSPS) is 13.9. The van der Waals surface area contributed by atoms with Gasteiger partial charge in [0.25, 0.3) is 0 Å². The van der Waals surface area contributed by atoms with Crippen LogP contribution < -0.4 is 5.32 Å². The van der Waals surface area contributed by atoms with Crippen LogP contribution in [0.1, 0.15) is 33.6 Å². The molecule has 0 fully saturated rings. The molecule has 1 atom stereocenters. The van der Waals surface area contributed by atoms with Crippen molar-refractivity contribution in [2.75, 3.05) is 13.2 Å². The highest BCUT2D eigenvalue weighted by Crippen LogP contribution is 1.97. The molecule has 2 nitrogen and oxygen atoms in total. The van der Waals surface area contributed by atoms with Gasteiger partial charge in [0, 0.05) is 19.2 Å². The summed E-state index contributed by atoms with van der Waals surface area (Å²) in [6.07, 6.45) is 2.35. The molecule has 0 aromatic heterocycles. The van der Waals surface area contributed by atoms with Gasteiger partial charge in [-0.1, -0.05) is 20.8 Å². The Kier molecular flexibility index (Phi) is 6.57. The second-order valence-electron chi connectivity index (χ2n) is 3.21. The van der Waals surface area contributed by atoms with Crippen molar-refractivity contribution < 1.29 is 5.11 Å². The molecule has 0 saturated carbocycles. The molecule has 0 rings (SSSR count). The van der Waals surface area contributed by atoms with E-state index in [1.54, 1.807) is 0 Å². The van der Waals surface area contributed by atoms with Crippen LogP contribution >= 0.6 is 0 Å². The van der Waals surface area contributed by atoms with Gasteiger partial charge in [0.2, 0.25) is 0 Å². The number of nitrogens with one attached hydrogen (secondary N) is 1. The fourth-order valence-corrected chi connectivity index (χ4v) is 1.01. The molecule has 1 unspecified atom stereocenters. The van der Waals surface area contributed by atoms with Crippen molar-refractivity contribution in [1.82, 2.24) is 5.32 Å². The number of hydrogen-bond donors (Lipinski definition) is 2. The van der Waals surface area contributed by atoms with E-state index in [1.165, 1.54) is 12.8 Å². The van der Waals surface area contributed by atoms with E-state index < -0.39 is 0 Å². The molecule has 0 radical (unpaired) electrons. The van der Waals surface area contributed by atoms with Gasteiger partial charge >= 0.3 is 0 Å². The summed E-state index contributed by atoms with van der Waals surface area (Å²) in [6, 6.07) is 0.629. The first-order valence-corrected chi connectivity index (χ1v) is 4.58. The molecule has 0 aliphatic rings. The number of rotatable bonds is 6. The van der Waals surface area contributed by atoms with Crippen molar-refractivity contribution >= 4 is 0 Å². The van der Waals surface area contributed by atoms with Gasteiger partial charge in [-0.3, -0.25) is 0 Å². The molecule has 0 aromatic carbocycles. The third-order valence-corrected chi connectivity index (χ3v) is 2.05. The van der Waals surface area contributed by atoms with Gasteiger partial charge in [-0.2, -0.15) is 0 Å². The molecule has 0 saturated heterocycles. The van der Waals surface area contributed by atoms with E-state index in [4.69, 9.17) is 5.11 Å². The summed E-state index contributed by atoms with van der Waals surface area (Å²) in [5, 5.41) is 12.2. The van der Waals surface area contributed by atoms with Gasteiger partial charge < -0.3 is 10.4 Å². The van der Waals surface area contributed by atoms with E-state index in [-0.39, 0.29) is 6.61 Å². The van der Waals surface area contributed by atoms with Crippen LogP contribution in [0.15, 0.2) is 0 Å². The Hall–Kier alpha value is -0.0800. The molecule has 0 heterocycles. The lowest BCUT2D eigenvalue weighted by atomic mass is 10.1. The van der Waals surface area contributed by atoms with Gasteiger partial charge in [0.05, 0.1) is 0 Å². The summed E-state index contributed by atoms with van der Waals surface area (Å²) >= 11 is 0. The minimum Gasteiger partial charge on any atom is -0.396 e. The highest BCUT2D eigenvalue weighted by Gasteiger charge is 2.04. The van der Waals surface area contributed by atoms with Crippen LogP contribution in [0.3, 0.4) is 0 Å². The molecule has 0 amide bonds. The van der Waals surface area contributed by atoms with Crippen LogP contribution in [0.2, 0.25) is 0 Å². The zero-order valence-electron chi connectivity index (χ0n) is 7.93. The number of hydrogen-bond acceptors (Lipinski definition) is 2. The second-order valence-corrected chi connectivity index (χ2v) is 3.21. The fourth-order valence-electron chi connectivity index (χ4n) is 1.01. The van der Waals surface area contributed by atoms with E-state index in [1.807, 2.05) is 0 Å². The van der Waals surface area contributed by atoms with Gasteiger partial charge in [-0.15, -0.1) is 0 Å². The van der Waals surface area contributed by atoms with Gasteiger partial charge in [-0.05, 0) is 18.8 Å². The lowest BCUT2D eigenvalue weighted by Gasteiger charge is -2.16. The van der Waals surface area contributed by atoms with Crippen molar-refractivity contribution in [3.05, 3.63) is 0 Å². The van der Waals surface area contributed by atoms with Gasteiger partial charge in [-0.25, -0.2) is 0 Å². The minimum atomic E-state index is 0.285. The monoisotopic (exact) mass is 159 g/mol. The van der Waals surface area contributed by atoms with E-state index in [9.17, 15) is 0 Å². The van der Waals surface area contributed by atoms with E-state index in [0.717, 1.165) is 6.54 Å². The van der Waals surface area contributed by atoms with Crippen molar-refractivity contribution in [3.63, 3.8) is 0 Å². The molecule has 0 bridgehead atoms. The first-order valence-electron chi connectivity index (χ1n) is 4.58. The van der Waals surface area contributed by atoms with Crippen molar-refractivity contribution in [3.8, 4) is 0 Å². The Labute approximate surface area is 70.0 Å². The summed E-state index contributed by atoms with van der Waals surface area (Å²) < 4.78 is 0. The summed E-state index contributed by atoms with van der Waals surface area (Å²) in [6.45, 7) is 7.64. The third-order valence-electron chi connectivity index (χ3n) is 2.05. The molecule has 68 valence electrons. The Morgan fingerprint density at radius 1 is 1.27 bits per heavy atom. The average Bonchev–Trinajstić information content (AvgIpc) is 2.06. The zero-order chi connectivity index (χ0) is 8.69. The first-order chi connectivity index (χ1) is 5.24. The average molecular weight is 159 g/mol. The van der Waals surface area contributed by atoms with Crippen LogP contribution in [0.4, 0.5) is 0 Å².